The number of carbonyl (C=O) groups is 5. The fourth-order valence-corrected chi connectivity index (χ4v) is 4.13. The maximum atomic E-state index is 13.0. The van der Waals surface area contributed by atoms with E-state index in [0.29, 0.717) is 16.1 Å². The van der Waals surface area contributed by atoms with Crippen LogP contribution < -0.4 is 11.2 Å². The second-order valence-electron chi connectivity index (χ2n) is 9.53. The number of amides is 5. The van der Waals surface area contributed by atoms with Gasteiger partial charge in [-0.1, -0.05) is 39.0 Å². The standard InChI is InChI=1S/C25H26N4O5/c1-25(2,3)16-7-5-15(6-8-16)21(31)27-13-14-4-9-17-18(12-14)23(33)28(22(17)32)19-10-11-20(30)29(26)24(19)34/h4-9,12,19H,10-11,13,26H2,1-3H3,(H,27,31). The van der Waals surface area contributed by atoms with Crippen molar-refractivity contribution in [2.24, 2.45) is 5.84 Å². The highest BCUT2D eigenvalue weighted by Crippen LogP contribution is 2.29. The summed E-state index contributed by atoms with van der Waals surface area (Å²) in [4.78, 5) is 63.3. The van der Waals surface area contributed by atoms with E-state index in [1.165, 1.54) is 12.1 Å². The molecule has 0 bridgehead atoms. The van der Waals surface area contributed by atoms with Crippen LogP contribution in [0.15, 0.2) is 42.5 Å². The SMILES string of the molecule is CC(C)(C)c1ccc(C(=O)NCc2ccc3c(c2)C(=O)N(C2CCC(=O)N(N)C2=O)C3=O)cc1. The van der Waals surface area contributed by atoms with Crippen molar-refractivity contribution in [2.45, 2.75) is 51.6 Å². The van der Waals surface area contributed by atoms with Crippen molar-refractivity contribution in [3.63, 3.8) is 0 Å². The molecule has 1 atom stereocenters. The van der Waals surface area contributed by atoms with Crippen LogP contribution in [0.5, 0.6) is 0 Å². The first-order chi connectivity index (χ1) is 16.0. The Kier molecular flexibility index (Phi) is 5.82. The molecule has 176 valence electrons. The van der Waals surface area contributed by atoms with Crippen LogP contribution in [0.3, 0.4) is 0 Å². The Morgan fingerprint density at radius 1 is 1.00 bits per heavy atom. The molecule has 0 aliphatic carbocycles. The van der Waals surface area contributed by atoms with Crippen molar-refractivity contribution in [2.75, 3.05) is 0 Å². The predicted molar refractivity (Wildman–Crippen MR) is 122 cm³/mol. The van der Waals surface area contributed by atoms with Crippen molar-refractivity contribution in [3.8, 4) is 0 Å². The molecule has 2 aliphatic heterocycles. The number of hydrazine groups is 1. The second kappa shape index (κ2) is 8.49. The van der Waals surface area contributed by atoms with E-state index < -0.39 is 29.7 Å². The van der Waals surface area contributed by atoms with Gasteiger partial charge >= 0.3 is 0 Å². The van der Waals surface area contributed by atoms with E-state index in [0.717, 1.165) is 10.5 Å². The molecule has 0 radical (unpaired) electrons. The van der Waals surface area contributed by atoms with E-state index in [1.54, 1.807) is 18.2 Å². The molecular weight excluding hydrogens is 436 g/mol. The molecule has 1 fully saturated rings. The fourth-order valence-electron chi connectivity index (χ4n) is 4.13. The normalized spacial score (nSPS) is 18.4. The van der Waals surface area contributed by atoms with Crippen molar-refractivity contribution in [1.29, 1.82) is 0 Å². The Labute approximate surface area is 196 Å². The van der Waals surface area contributed by atoms with E-state index in [-0.39, 0.29) is 41.8 Å². The Hall–Kier alpha value is -3.85. The lowest BCUT2D eigenvalue weighted by atomic mass is 9.87. The molecule has 1 saturated heterocycles. The highest BCUT2D eigenvalue weighted by atomic mass is 16.2. The Bertz CT molecular complexity index is 1210. The van der Waals surface area contributed by atoms with Gasteiger partial charge in [0, 0.05) is 18.5 Å². The number of hydrogen-bond acceptors (Lipinski definition) is 6. The minimum Gasteiger partial charge on any atom is -0.348 e. The summed E-state index contributed by atoms with van der Waals surface area (Å²) in [6.07, 6.45) is 0.00206. The summed E-state index contributed by atoms with van der Waals surface area (Å²) in [6.45, 7) is 6.44. The van der Waals surface area contributed by atoms with Gasteiger partial charge in [0.25, 0.3) is 23.6 Å². The molecule has 0 aromatic heterocycles. The van der Waals surface area contributed by atoms with Crippen LogP contribution in [0.4, 0.5) is 0 Å². The number of imide groups is 2. The molecule has 2 aromatic carbocycles. The lowest BCUT2D eigenvalue weighted by Gasteiger charge is -2.31. The first-order valence-corrected chi connectivity index (χ1v) is 11.0. The quantitative estimate of drug-likeness (QED) is 0.406. The maximum Gasteiger partial charge on any atom is 0.266 e. The van der Waals surface area contributed by atoms with Crippen LogP contribution in [-0.4, -0.2) is 45.5 Å². The minimum absolute atomic E-state index is 0.0164. The fraction of sp³-hybridized carbons (Fsp3) is 0.320. The zero-order valence-corrected chi connectivity index (χ0v) is 19.3. The Morgan fingerprint density at radius 2 is 1.65 bits per heavy atom. The van der Waals surface area contributed by atoms with Crippen LogP contribution in [0, 0.1) is 0 Å². The molecule has 2 aromatic rings. The first kappa shape index (κ1) is 23.3. The van der Waals surface area contributed by atoms with Crippen molar-refractivity contribution in [1.82, 2.24) is 15.2 Å². The molecule has 34 heavy (non-hydrogen) atoms. The minimum atomic E-state index is -1.12. The van der Waals surface area contributed by atoms with Gasteiger partial charge in [-0.2, -0.15) is 0 Å². The molecule has 2 heterocycles. The molecule has 0 saturated carbocycles. The van der Waals surface area contributed by atoms with Crippen LogP contribution in [0.2, 0.25) is 0 Å². The third-order valence-corrected chi connectivity index (χ3v) is 6.18. The maximum absolute atomic E-state index is 13.0. The van der Waals surface area contributed by atoms with Crippen LogP contribution >= 0.6 is 0 Å². The van der Waals surface area contributed by atoms with E-state index in [1.807, 2.05) is 12.1 Å². The average molecular weight is 463 g/mol. The number of nitrogens with zero attached hydrogens (tertiary/aromatic N) is 2. The number of rotatable bonds is 4. The van der Waals surface area contributed by atoms with Gasteiger partial charge in [-0.25, -0.2) is 10.9 Å². The van der Waals surface area contributed by atoms with Crippen LogP contribution in [0.25, 0.3) is 0 Å². The van der Waals surface area contributed by atoms with E-state index in [9.17, 15) is 24.0 Å². The van der Waals surface area contributed by atoms with E-state index in [2.05, 4.69) is 26.1 Å². The van der Waals surface area contributed by atoms with Gasteiger partial charge in [0.1, 0.15) is 6.04 Å². The zero-order chi connectivity index (χ0) is 24.8. The number of nitrogens with one attached hydrogen (secondary N) is 1. The van der Waals surface area contributed by atoms with Crippen molar-refractivity contribution >= 4 is 29.5 Å². The molecule has 1 unspecified atom stereocenters. The Balaban J connectivity index is 1.46. The second-order valence-corrected chi connectivity index (χ2v) is 9.53. The highest BCUT2D eigenvalue weighted by Gasteiger charge is 2.46. The smallest absolute Gasteiger partial charge is 0.266 e. The number of hydrogen-bond donors (Lipinski definition) is 2. The summed E-state index contributed by atoms with van der Waals surface area (Å²) in [7, 11) is 0. The monoisotopic (exact) mass is 462 g/mol. The van der Waals surface area contributed by atoms with Gasteiger partial charge in [-0.3, -0.25) is 28.9 Å². The van der Waals surface area contributed by atoms with Gasteiger partial charge in [-0.15, -0.1) is 0 Å². The number of carbonyl (C=O) groups excluding carboxylic acids is 5. The summed E-state index contributed by atoms with van der Waals surface area (Å²) in [5, 5.41) is 3.28. The van der Waals surface area contributed by atoms with Crippen LogP contribution in [-0.2, 0) is 21.5 Å². The number of benzene rings is 2. The highest BCUT2D eigenvalue weighted by molar-refractivity contribution is 6.23. The molecule has 4 rings (SSSR count). The summed E-state index contributed by atoms with van der Waals surface area (Å²) in [6, 6.07) is 11.0. The van der Waals surface area contributed by atoms with Gasteiger partial charge < -0.3 is 5.32 Å². The Morgan fingerprint density at radius 3 is 2.29 bits per heavy atom. The molecule has 3 N–H and O–H groups in total. The lowest BCUT2D eigenvalue weighted by molar-refractivity contribution is -0.151. The summed E-state index contributed by atoms with van der Waals surface area (Å²) in [5.74, 6) is 2.68. The lowest BCUT2D eigenvalue weighted by Crippen LogP contribution is -2.58. The van der Waals surface area contributed by atoms with Gasteiger partial charge in [-0.05, 0) is 47.2 Å². The number of nitrogens with two attached hydrogens (primary N) is 1. The topological polar surface area (TPSA) is 130 Å². The van der Waals surface area contributed by atoms with Crippen molar-refractivity contribution < 1.29 is 24.0 Å². The molecular formula is C25H26N4O5. The predicted octanol–water partition coefficient (Wildman–Crippen LogP) is 1.90. The molecule has 0 spiro atoms. The first-order valence-electron chi connectivity index (χ1n) is 11.0. The molecule has 9 heteroatoms. The zero-order valence-electron chi connectivity index (χ0n) is 19.3. The summed E-state index contributed by atoms with van der Waals surface area (Å²) in [5.41, 5.74) is 2.58. The average Bonchev–Trinajstić information content (AvgIpc) is 3.05. The molecule has 2 aliphatic rings. The third kappa shape index (κ3) is 4.10. The van der Waals surface area contributed by atoms with Gasteiger partial charge in [0.2, 0.25) is 5.91 Å². The number of piperidine rings is 1. The van der Waals surface area contributed by atoms with Gasteiger partial charge in [0.15, 0.2) is 0 Å². The van der Waals surface area contributed by atoms with E-state index >= 15 is 0 Å². The summed E-state index contributed by atoms with van der Waals surface area (Å²) < 4.78 is 0. The largest absolute Gasteiger partial charge is 0.348 e. The molecule has 9 nitrogen and oxygen atoms in total. The summed E-state index contributed by atoms with van der Waals surface area (Å²) >= 11 is 0. The molecule has 5 amide bonds. The van der Waals surface area contributed by atoms with Crippen LogP contribution in [0.1, 0.15) is 75.8 Å². The number of fused-ring (bicyclic) bond motifs is 1. The van der Waals surface area contributed by atoms with Crippen molar-refractivity contribution in [3.05, 3.63) is 70.3 Å². The van der Waals surface area contributed by atoms with Gasteiger partial charge in [0.05, 0.1) is 11.1 Å². The van der Waals surface area contributed by atoms with E-state index in [4.69, 9.17) is 5.84 Å². The third-order valence-electron chi connectivity index (χ3n) is 6.18.